The minimum absolute atomic E-state index is 0.0192. The molecule has 1 atom stereocenters. The zero-order valence-corrected chi connectivity index (χ0v) is 12.3. The Bertz CT molecular complexity index is 598. The molecule has 0 amide bonds. The normalized spacial score (nSPS) is 12.7. The van der Waals surface area contributed by atoms with E-state index in [2.05, 4.69) is 49.5 Å². The van der Waals surface area contributed by atoms with Crippen LogP contribution in [0, 0.1) is 27.7 Å². The smallest absolute Gasteiger partial charge is 0.0748 e. The van der Waals surface area contributed by atoms with Gasteiger partial charge in [-0.05, 0) is 38.8 Å². The van der Waals surface area contributed by atoms with Gasteiger partial charge in [-0.3, -0.25) is 10.5 Å². The average molecular weight is 258 g/mol. The van der Waals surface area contributed by atoms with Gasteiger partial charge in [-0.1, -0.05) is 23.8 Å². The highest BCUT2D eigenvalue weighted by atomic mass is 15.3. The molecule has 2 rings (SSSR count). The predicted octanol–water partition coefficient (Wildman–Crippen LogP) is 2.21. The largest absolute Gasteiger partial charge is 0.272 e. The molecule has 1 unspecified atom stereocenters. The number of hydrogen-bond acceptors (Lipinski definition) is 3. The van der Waals surface area contributed by atoms with E-state index in [1.54, 1.807) is 0 Å². The fraction of sp³-hybridized carbons (Fsp3) is 0.400. The van der Waals surface area contributed by atoms with Crippen molar-refractivity contribution in [2.75, 3.05) is 0 Å². The lowest BCUT2D eigenvalue weighted by Gasteiger charge is -2.20. The SMILES string of the molecule is Cc1ccc(C(NN)c2c(C)nn(C)c2C)c(C)c1. The van der Waals surface area contributed by atoms with Crippen molar-refractivity contribution < 1.29 is 0 Å². The van der Waals surface area contributed by atoms with Gasteiger partial charge in [-0.15, -0.1) is 0 Å². The Balaban J connectivity index is 2.56. The number of hydrogen-bond donors (Lipinski definition) is 2. The summed E-state index contributed by atoms with van der Waals surface area (Å²) in [5.41, 5.74) is 9.96. The number of hydrazine groups is 1. The lowest BCUT2D eigenvalue weighted by molar-refractivity contribution is 0.625. The highest BCUT2D eigenvalue weighted by molar-refractivity contribution is 5.41. The summed E-state index contributed by atoms with van der Waals surface area (Å²) >= 11 is 0. The summed E-state index contributed by atoms with van der Waals surface area (Å²) in [4.78, 5) is 0. The Morgan fingerprint density at radius 3 is 2.37 bits per heavy atom. The van der Waals surface area contributed by atoms with Crippen molar-refractivity contribution in [2.24, 2.45) is 12.9 Å². The number of aryl methyl sites for hydroxylation is 4. The van der Waals surface area contributed by atoms with Crippen LogP contribution in [0.1, 0.15) is 39.7 Å². The fourth-order valence-electron chi connectivity index (χ4n) is 2.69. The highest BCUT2D eigenvalue weighted by Crippen LogP contribution is 2.29. The zero-order valence-electron chi connectivity index (χ0n) is 12.3. The van der Waals surface area contributed by atoms with Crippen LogP contribution in [-0.2, 0) is 7.05 Å². The van der Waals surface area contributed by atoms with Gasteiger partial charge in [0.2, 0.25) is 0 Å². The molecule has 3 N–H and O–H groups in total. The topological polar surface area (TPSA) is 55.9 Å². The summed E-state index contributed by atoms with van der Waals surface area (Å²) in [6.07, 6.45) is 0. The van der Waals surface area contributed by atoms with E-state index in [-0.39, 0.29) is 6.04 Å². The van der Waals surface area contributed by atoms with Crippen molar-refractivity contribution >= 4 is 0 Å². The van der Waals surface area contributed by atoms with Crippen LogP contribution in [-0.4, -0.2) is 9.78 Å². The van der Waals surface area contributed by atoms with Crippen molar-refractivity contribution in [3.05, 3.63) is 51.8 Å². The molecule has 0 spiro atoms. The fourth-order valence-corrected chi connectivity index (χ4v) is 2.69. The molecule has 19 heavy (non-hydrogen) atoms. The Morgan fingerprint density at radius 1 is 1.21 bits per heavy atom. The molecule has 1 aromatic carbocycles. The van der Waals surface area contributed by atoms with Gasteiger partial charge in [-0.2, -0.15) is 5.10 Å². The van der Waals surface area contributed by atoms with Crippen LogP contribution < -0.4 is 11.3 Å². The lowest BCUT2D eigenvalue weighted by atomic mass is 9.93. The van der Waals surface area contributed by atoms with Crippen LogP contribution >= 0.6 is 0 Å². The number of nitrogens with zero attached hydrogens (tertiary/aromatic N) is 2. The number of rotatable bonds is 3. The van der Waals surface area contributed by atoms with Gasteiger partial charge < -0.3 is 0 Å². The van der Waals surface area contributed by atoms with Crippen molar-refractivity contribution in [3.8, 4) is 0 Å². The Labute approximate surface area is 114 Å². The average Bonchev–Trinajstić information content (AvgIpc) is 2.59. The molecule has 0 fully saturated rings. The standard InChI is InChI=1S/C15H22N4/c1-9-6-7-13(10(2)8-9)15(17-16)14-11(3)18-19(5)12(14)4/h6-8,15,17H,16H2,1-5H3. The number of nitrogens with two attached hydrogens (primary N) is 1. The number of nitrogens with one attached hydrogen (secondary N) is 1. The summed E-state index contributed by atoms with van der Waals surface area (Å²) in [7, 11) is 1.96. The maximum absolute atomic E-state index is 5.80. The number of benzene rings is 1. The quantitative estimate of drug-likeness (QED) is 0.655. The molecule has 0 radical (unpaired) electrons. The third-order valence-corrected chi connectivity index (χ3v) is 3.76. The zero-order chi connectivity index (χ0) is 14.2. The Kier molecular flexibility index (Phi) is 3.73. The second-order valence-corrected chi connectivity index (χ2v) is 5.17. The molecule has 4 nitrogen and oxygen atoms in total. The molecule has 0 saturated heterocycles. The minimum atomic E-state index is -0.0192. The van der Waals surface area contributed by atoms with Crippen LogP contribution in [0.5, 0.6) is 0 Å². The lowest BCUT2D eigenvalue weighted by Crippen LogP contribution is -2.30. The minimum Gasteiger partial charge on any atom is -0.272 e. The first-order chi connectivity index (χ1) is 8.95. The molecule has 4 heteroatoms. The molecule has 0 aliphatic heterocycles. The first-order valence-corrected chi connectivity index (χ1v) is 6.49. The van der Waals surface area contributed by atoms with E-state index in [1.807, 2.05) is 18.7 Å². The summed E-state index contributed by atoms with van der Waals surface area (Å²) in [5.74, 6) is 5.80. The van der Waals surface area contributed by atoms with Gasteiger partial charge in [0.25, 0.3) is 0 Å². The van der Waals surface area contributed by atoms with Crippen LogP contribution in [0.3, 0.4) is 0 Å². The van der Waals surface area contributed by atoms with Gasteiger partial charge >= 0.3 is 0 Å². The van der Waals surface area contributed by atoms with Crippen molar-refractivity contribution in [2.45, 2.75) is 33.7 Å². The molecule has 102 valence electrons. The molecule has 0 bridgehead atoms. The molecule has 1 heterocycles. The van der Waals surface area contributed by atoms with E-state index in [4.69, 9.17) is 5.84 Å². The van der Waals surface area contributed by atoms with E-state index in [0.29, 0.717) is 0 Å². The Morgan fingerprint density at radius 2 is 1.89 bits per heavy atom. The van der Waals surface area contributed by atoms with Gasteiger partial charge in [0, 0.05) is 18.3 Å². The second-order valence-electron chi connectivity index (χ2n) is 5.17. The van der Waals surface area contributed by atoms with Crippen LogP contribution in [0.2, 0.25) is 0 Å². The summed E-state index contributed by atoms with van der Waals surface area (Å²) in [6.45, 7) is 8.31. The van der Waals surface area contributed by atoms with E-state index in [0.717, 1.165) is 17.0 Å². The maximum atomic E-state index is 5.80. The molecule has 0 aliphatic rings. The van der Waals surface area contributed by atoms with E-state index >= 15 is 0 Å². The molecular weight excluding hydrogens is 236 g/mol. The van der Waals surface area contributed by atoms with Crippen LogP contribution in [0.4, 0.5) is 0 Å². The predicted molar refractivity (Wildman–Crippen MR) is 77.8 cm³/mol. The first-order valence-electron chi connectivity index (χ1n) is 6.49. The maximum Gasteiger partial charge on any atom is 0.0748 e. The highest BCUT2D eigenvalue weighted by Gasteiger charge is 2.22. The van der Waals surface area contributed by atoms with E-state index < -0.39 is 0 Å². The van der Waals surface area contributed by atoms with Gasteiger partial charge in [-0.25, -0.2) is 5.43 Å². The van der Waals surface area contributed by atoms with E-state index in [9.17, 15) is 0 Å². The molecule has 0 saturated carbocycles. The molecule has 1 aromatic heterocycles. The third-order valence-electron chi connectivity index (χ3n) is 3.76. The summed E-state index contributed by atoms with van der Waals surface area (Å²) < 4.78 is 1.90. The third kappa shape index (κ3) is 2.41. The Hall–Kier alpha value is -1.65. The van der Waals surface area contributed by atoms with E-state index in [1.165, 1.54) is 16.7 Å². The molecule has 0 aliphatic carbocycles. The molecular formula is C15H22N4. The van der Waals surface area contributed by atoms with Gasteiger partial charge in [0.05, 0.1) is 11.7 Å². The molecule has 2 aromatic rings. The van der Waals surface area contributed by atoms with Crippen LogP contribution in [0.25, 0.3) is 0 Å². The summed E-state index contributed by atoms with van der Waals surface area (Å²) in [5, 5.41) is 4.47. The van der Waals surface area contributed by atoms with Gasteiger partial charge in [0.1, 0.15) is 0 Å². The first kappa shape index (κ1) is 13.8. The summed E-state index contributed by atoms with van der Waals surface area (Å²) in [6, 6.07) is 6.42. The van der Waals surface area contributed by atoms with Crippen molar-refractivity contribution in [1.82, 2.24) is 15.2 Å². The van der Waals surface area contributed by atoms with Crippen LogP contribution in [0.15, 0.2) is 18.2 Å². The second kappa shape index (κ2) is 5.15. The van der Waals surface area contributed by atoms with Crippen molar-refractivity contribution in [3.63, 3.8) is 0 Å². The number of aromatic nitrogens is 2. The monoisotopic (exact) mass is 258 g/mol. The van der Waals surface area contributed by atoms with Crippen molar-refractivity contribution in [1.29, 1.82) is 0 Å². The van der Waals surface area contributed by atoms with Gasteiger partial charge in [0.15, 0.2) is 0 Å².